The van der Waals surface area contributed by atoms with Crippen molar-refractivity contribution in [3.63, 3.8) is 0 Å². The fourth-order valence-electron chi connectivity index (χ4n) is 2.53. The minimum absolute atomic E-state index is 0.102. The summed E-state index contributed by atoms with van der Waals surface area (Å²) in [4.78, 5) is 24.0. The molecule has 21 heavy (non-hydrogen) atoms. The van der Waals surface area contributed by atoms with Gasteiger partial charge in [0.15, 0.2) is 0 Å². The molecule has 0 radical (unpaired) electrons. The molecule has 1 saturated heterocycles. The predicted molar refractivity (Wildman–Crippen MR) is 83.1 cm³/mol. The van der Waals surface area contributed by atoms with Crippen molar-refractivity contribution >= 4 is 23.2 Å². The van der Waals surface area contributed by atoms with E-state index in [1.165, 1.54) is 4.88 Å². The SMILES string of the molecule is O=C(NCc1cccs1)C1CCN(c2ncccn2)CC1. The lowest BCUT2D eigenvalue weighted by atomic mass is 9.96. The summed E-state index contributed by atoms with van der Waals surface area (Å²) in [7, 11) is 0. The lowest BCUT2D eigenvalue weighted by Crippen LogP contribution is -2.40. The Balaban J connectivity index is 1.48. The van der Waals surface area contributed by atoms with Gasteiger partial charge in [-0.25, -0.2) is 9.97 Å². The highest BCUT2D eigenvalue weighted by atomic mass is 32.1. The lowest BCUT2D eigenvalue weighted by Gasteiger charge is -2.31. The number of hydrogen-bond acceptors (Lipinski definition) is 5. The monoisotopic (exact) mass is 302 g/mol. The number of nitrogens with one attached hydrogen (secondary N) is 1. The van der Waals surface area contributed by atoms with E-state index in [-0.39, 0.29) is 11.8 Å². The second-order valence-electron chi connectivity index (χ2n) is 5.11. The maximum absolute atomic E-state index is 12.2. The molecule has 3 heterocycles. The number of aromatic nitrogens is 2. The van der Waals surface area contributed by atoms with Crippen LogP contribution in [-0.4, -0.2) is 29.0 Å². The van der Waals surface area contributed by atoms with Gasteiger partial charge in [0.05, 0.1) is 6.54 Å². The van der Waals surface area contributed by atoms with E-state index < -0.39 is 0 Å². The number of anilines is 1. The van der Waals surface area contributed by atoms with Gasteiger partial charge in [-0.3, -0.25) is 4.79 Å². The van der Waals surface area contributed by atoms with Gasteiger partial charge in [-0.15, -0.1) is 11.3 Å². The summed E-state index contributed by atoms with van der Waals surface area (Å²) in [5, 5.41) is 5.06. The maximum Gasteiger partial charge on any atom is 0.225 e. The van der Waals surface area contributed by atoms with Crippen LogP contribution in [0.25, 0.3) is 0 Å². The van der Waals surface area contributed by atoms with Crippen molar-refractivity contribution in [3.05, 3.63) is 40.8 Å². The quantitative estimate of drug-likeness (QED) is 0.939. The van der Waals surface area contributed by atoms with E-state index in [1.807, 2.05) is 23.6 Å². The summed E-state index contributed by atoms with van der Waals surface area (Å²) in [5.74, 6) is 1.02. The number of carbonyl (C=O) groups excluding carboxylic acids is 1. The van der Waals surface area contributed by atoms with E-state index in [0.29, 0.717) is 6.54 Å². The summed E-state index contributed by atoms with van der Waals surface area (Å²) in [6.07, 6.45) is 5.22. The number of carbonyl (C=O) groups is 1. The van der Waals surface area contributed by atoms with Crippen molar-refractivity contribution in [3.8, 4) is 0 Å². The lowest BCUT2D eigenvalue weighted by molar-refractivity contribution is -0.125. The Morgan fingerprint density at radius 3 is 2.71 bits per heavy atom. The molecule has 2 aromatic heterocycles. The summed E-state index contributed by atoms with van der Waals surface area (Å²) < 4.78 is 0. The molecule has 1 aliphatic heterocycles. The molecule has 0 aliphatic carbocycles. The zero-order valence-corrected chi connectivity index (χ0v) is 12.6. The smallest absolute Gasteiger partial charge is 0.225 e. The van der Waals surface area contributed by atoms with Gasteiger partial charge in [0, 0.05) is 36.3 Å². The van der Waals surface area contributed by atoms with Gasteiger partial charge in [0.25, 0.3) is 0 Å². The third-order valence-corrected chi connectivity index (χ3v) is 4.59. The molecule has 5 nitrogen and oxygen atoms in total. The van der Waals surface area contributed by atoms with Crippen LogP contribution in [0, 0.1) is 5.92 Å². The molecular weight excluding hydrogens is 284 g/mol. The van der Waals surface area contributed by atoms with Crippen LogP contribution in [0.15, 0.2) is 36.0 Å². The number of rotatable bonds is 4. The third kappa shape index (κ3) is 3.58. The zero-order valence-electron chi connectivity index (χ0n) is 11.7. The van der Waals surface area contributed by atoms with E-state index in [4.69, 9.17) is 0 Å². The van der Waals surface area contributed by atoms with Crippen molar-refractivity contribution in [2.45, 2.75) is 19.4 Å². The van der Waals surface area contributed by atoms with Gasteiger partial charge < -0.3 is 10.2 Å². The van der Waals surface area contributed by atoms with Crippen LogP contribution < -0.4 is 10.2 Å². The Morgan fingerprint density at radius 1 is 1.29 bits per heavy atom. The van der Waals surface area contributed by atoms with Crippen LogP contribution >= 0.6 is 11.3 Å². The van der Waals surface area contributed by atoms with E-state index in [0.717, 1.165) is 31.9 Å². The number of thiophene rings is 1. The molecule has 0 spiro atoms. The van der Waals surface area contributed by atoms with Gasteiger partial charge in [0.2, 0.25) is 11.9 Å². The summed E-state index contributed by atoms with van der Waals surface area (Å²) >= 11 is 1.67. The summed E-state index contributed by atoms with van der Waals surface area (Å²) in [6, 6.07) is 5.86. The molecule has 110 valence electrons. The van der Waals surface area contributed by atoms with Crippen molar-refractivity contribution in [2.75, 3.05) is 18.0 Å². The molecular formula is C15H18N4OS. The average molecular weight is 302 g/mol. The van der Waals surface area contributed by atoms with Crippen LogP contribution in [0.5, 0.6) is 0 Å². The van der Waals surface area contributed by atoms with Gasteiger partial charge in [-0.2, -0.15) is 0 Å². The van der Waals surface area contributed by atoms with E-state index in [2.05, 4.69) is 20.2 Å². The van der Waals surface area contributed by atoms with E-state index >= 15 is 0 Å². The molecule has 3 rings (SSSR count). The molecule has 6 heteroatoms. The van der Waals surface area contributed by atoms with Crippen LogP contribution in [0.2, 0.25) is 0 Å². The number of amides is 1. The first-order chi connectivity index (χ1) is 10.3. The van der Waals surface area contributed by atoms with Crippen LogP contribution in [-0.2, 0) is 11.3 Å². The maximum atomic E-state index is 12.2. The Labute approximate surface area is 128 Å². The third-order valence-electron chi connectivity index (χ3n) is 3.72. The highest BCUT2D eigenvalue weighted by Gasteiger charge is 2.25. The van der Waals surface area contributed by atoms with Gasteiger partial charge in [0.1, 0.15) is 0 Å². The Hall–Kier alpha value is -1.95. The fourth-order valence-corrected chi connectivity index (χ4v) is 3.17. The number of piperidine rings is 1. The van der Waals surface area contributed by atoms with E-state index in [9.17, 15) is 4.79 Å². The van der Waals surface area contributed by atoms with Crippen molar-refractivity contribution < 1.29 is 4.79 Å². The molecule has 1 N–H and O–H groups in total. The zero-order chi connectivity index (χ0) is 14.5. The van der Waals surface area contributed by atoms with Crippen LogP contribution in [0.4, 0.5) is 5.95 Å². The topological polar surface area (TPSA) is 58.1 Å². The molecule has 0 atom stereocenters. The van der Waals surface area contributed by atoms with Crippen LogP contribution in [0.1, 0.15) is 17.7 Å². The molecule has 1 aliphatic rings. The highest BCUT2D eigenvalue weighted by molar-refractivity contribution is 7.09. The molecule has 2 aromatic rings. The standard InChI is InChI=1S/C15H18N4OS/c20-14(18-11-13-3-1-10-21-13)12-4-8-19(9-5-12)15-16-6-2-7-17-15/h1-3,6-7,10,12H,4-5,8-9,11H2,(H,18,20). The van der Waals surface area contributed by atoms with Crippen molar-refractivity contribution in [2.24, 2.45) is 5.92 Å². The number of nitrogens with zero attached hydrogens (tertiary/aromatic N) is 3. The van der Waals surface area contributed by atoms with Crippen LogP contribution in [0.3, 0.4) is 0 Å². The van der Waals surface area contributed by atoms with Crippen molar-refractivity contribution in [1.29, 1.82) is 0 Å². The minimum Gasteiger partial charge on any atom is -0.351 e. The normalized spacial score (nSPS) is 15.9. The Kier molecular flexibility index (Phi) is 4.45. The Bertz CT molecular complexity index is 565. The predicted octanol–water partition coefficient (Wildman–Crippen LogP) is 2.07. The van der Waals surface area contributed by atoms with Gasteiger partial charge >= 0.3 is 0 Å². The fraction of sp³-hybridized carbons (Fsp3) is 0.400. The van der Waals surface area contributed by atoms with E-state index in [1.54, 1.807) is 23.7 Å². The Morgan fingerprint density at radius 2 is 2.05 bits per heavy atom. The summed E-state index contributed by atoms with van der Waals surface area (Å²) in [6.45, 7) is 2.31. The first-order valence-corrected chi connectivity index (χ1v) is 8.03. The van der Waals surface area contributed by atoms with Gasteiger partial charge in [-0.1, -0.05) is 6.07 Å². The largest absolute Gasteiger partial charge is 0.351 e. The molecule has 1 amide bonds. The molecule has 1 fully saturated rings. The molecule has 0 unspecified atom stereocenters. The molecule has 0 bridgehead atoms. The molecule has 0 aromatic carbocycles. The van der Waals surface area contributed by atoms with Crippen molar-refractivity contribution in [1.82, 2.24) is 15.3 Å². The summed E-state index contributed by atoms with van der Waals surface area (Å²) in [5.41, 5.74) is 0. The highest BCUT2D eigenvalue weighted by Crippen LogP contribution is 2.20. The first kappa shape index (κ1) is 14.0. The first-order valence-electron chi connectivity index (χ1n) is 7.15. The minimum atomic E-state index is 0.102. The van der Waals surface area contributed by atoms with Gasteiger partial charge in [-0.05, 0) is 30.4 Å². The second kappa shape index (κ2) is 6.67. The number of hydrogen-bond donors (Lipinski definition) is 1. The average Bonchev–Trinajstić information content (AvgIpc) is 3.07. The second-order valence-corrected chi connectivity index (χ2v) is 6.14. The molecule has 0 saturated carbocycles.